The fraction of sp³-hybridized carbons (Fsp3) is 0.500. The van der Waals surface area contributed by atoms with E-state index in [-0.39, 0.29) is 23.0 Å². The summed E-state index contributed by atoms with van der Waals surface area (Å²) in [6.07, 6.45) is 5.45. The second-order valence-corrected chi connectivity index (χ2v) is 11.7. The highest BCUT2D eigenvalue weighted by molar-refractivity contribution is 8.02. The van der Waals surface area contributed by atoms with Crippen molar-refractivity contribution in [2.45, 2.75) is 74.2 Å². The zero-order chi connectivity index (χ0) is 25.2. The minimum Gasteiger partial charge on any atom is -0.497 e. The number of aryl methyl sites for hydroxylation is 1. The lowest BCUT2D eigenvalue weighted by Crippen LogP contribution is -2.48. The summed E-state index contributed by atoms with van der Waals surface area (Å²) in [5.74, 6) is 0.725. The van der Waals surface area contributed by atoms with Crippen LogP contribution in [-0.2, 0) is 16.0 Å². The molecule has 3 rings (SSSR count). The molecule has 0 aromatic heterocycles. The minimum absolute atomic E-state index is 0.0612. The van der Waals surface area contributed by atoms with Gasteiger partial charge in [-0.05, 0) is 67.9 Å². The van der Waals surface area contributed by atoms with Gasteiger partial charge in [-0.25, -0.2) is 0 Å². The molecule has 1 fully saturated rings. The Balaban J connectivity index is 1.69. The van der Waals surface area contributed by atoms with Crippen LogP contribution >= 0.6 is 24.4 Å². The van der Waals surface area contributed by atoms with Crippen LogP contribution in [0.1, 0.15) is 51.5 Å². The fourth-order valence-electron chi connectivity index (χ4n) is 4.35. The first-order valence-corrected chi connectivity index (χ1v) is 13.9. The molecular formula is C28H38N2O3S2. The molecule has 0 spiro atoms. The molecule has 0 radical (unpaired) electrons. The van der Waals surface area contributed by atoms with Gasteiger partial charge in [0.05, 0.1) is 12.4 Å². The highest BCUT2D eigenvalue weighted by Crippen LogP contribution is 2.37. The van der Waals surface area contributed by atoms with E-state index in [1.165, 1.54) is 5.56 Å². The topological polar surface area (TPSA) is 67.4 Å². The summed E-state index contributed by atoms with van der Waals surface area (Å²) >= 11 is 6.49. The van der Waals surface area contributed by atoms with Gasteiger partial charge in [-0.3, -0.25) is 9.59 Å². The van der Waals surface area contributed by atoms with Crippen molar-refractivity contribution in [2.75, 3.05) is 12.4 Å². The quantitative estimate of drug-likeness (QED) is 0.316. The number of nitrogens with one attached hydrogen (secondary N) is 2. The van der Waals surface area contributed by atoms with Crippen molar-refractivity contribution in [3.05, 3.63) is 60.2 Å². The van der Waals surface area contributed by atoms with E-state index in [1.807, 2.05) is 18.2 Å². The number of benzene rings is 2. The summed E-state index contributed by atoms with van der Waals surface area (Å²) in [5, 5.41) is 6.50. The van der Waals surface area contributed by atoms with Gasteiger partial charge >= 0.3 is 0 Å². The number of carbonyl (C=O) groups excluding carboxylic acids is 2. The molecule has 0 saturated heterocycles. The van der Waals surface area contributed by atoms with Gasteiger partial charge in [0.25, 0.3) is 0 Å². The van der Waals surface area contributed by atoms with Crippen LogP contribution in [-0.4, -0.2) is 40.7 Å². The number of thioether (sulfide) groups is 1. The highest BCUT2D eigenvalue weighted by atomic mass is 32.2. The van der Waals surface area contributed by atoms with Gasteiger partial charge in [0.15, 0.2) is 0 Å². The normalized spacial score (nSPS) is 19.2. The average molecular weight is 515 g/mol. The predicted octanol–water partition coefficient (Wildman–Crippen LogP) is 5.75. The van der Waals surface area contributed by atoms with Crippen LogP contribution in [0.25, 0.3) is 0 Å². The Morgan fingerprint density at radius 1 is 1.06 bits per heavy atom. The molecule has 1 aliphatic carbocycles. The summed E-state index contributed by atoms with van der Waals surface area (Å²) < 4.78 is 5.19. The molecule has 35 heavy (non-hydrogen) atoms. The molecule has 4 atom stereocenters. The lowest BCUT2D eigenvalue weighted by atomic mass is 10.0. The fourth-order valence-corrected chi connectivity index (χ4v) is 6.38. The molecule has 0 aliphatic heterocycles. The second kappa shape index (κ2) is 13.8. The first-order valence-electron chi connectivity index (χ1n) is 12.5. The Morgan fingerprint density at radius 2 is 1.77 bits per heavy atom. The van der Waals surface area contributed by atoms with E-state index in [2.05, 4.69) is 36.6 Å². The average Bonchev–Trinajstić information content (AvgIpc) is 3.26. The summed E-state index contributed by atoms with van der Waals surface area (Å²) in [6.45, 7) is 4.12. The summed E-state index contributed by atoms with van der Waals surface area (Å²) in [5.41, 5.74) is 1.90. The smallest absolute Gasteiger partial charge is 0.246 e. The molecular weight excluding hydrogens is 476 g/mol. The number of thiol groups is 1. The zero-order valence-electron chi connectivity index (χ0n) is 20.9. The number of rotatable bonds is 12. The monoisotopic (exact) mass is 514 g/mol. The Bertz CT molecular complexity index is 937. The Morgan fingerprint density at radius 3 is 2.37 bits per heavy atom. The minimum atomic E-state index is -0.597. The van der Waals surface area contributed by atoms with Crippen molar-refractivity contribution in [3.8, 4) is 5.75 Å². The molecule has 2 aromatic carbocycles. The third kappa shape index (κ3) is 8.80. The number of methoxy groups -OCH3 is 1. The van der Waals surface area contributed by atoms with Crippen LogP contribution in [0.5, 0.6) is 5.75 Å². The number of carbonyl (C=O) groups is 2. The van der Waals surface area contributed by atoms with Crippen molar-refractivity contribution >= 4 is 41.9 Å². The van der Waals surface area contributed by atoms with E-state index in [0.717, 1.165) is 37.9 Å². The Kier molecular flexibility index (Phi) is 10.9. The number of hydrogen-bond donors (Lipinski definition) is 3. The number of hydrogen-bond acceptors (Lipinski definition) is 5. The van der Waals surface area contributed by atoms with E-state index >= 15 is 0 Å². The Hall–Kier alpha value is -2.12. The number of amides is 2. The number of anilines is 1. The molecule has 0 bridgehead atoms. The molecule has 2 amide bonds. The van der Waals surface area contributed by atoms with Gasteiger partial charge in [0.2, 0.25) is 11.8 Å². The highest BCUT2D eigenvalue weighted by Gasteiger charge is 2.32. The maximum absolute atomic E-state index is 13.5. The van der Waals surface area contributed by atoms with E-state index < -0.39 is 6.04 Å². The molecule has 2 N–H and O–H groups in total. The maximum Gasteiger partial charge on any atom is 0.246 e. The summed E-state index contributed by atoms with van der Waals surface area (Å²) in [7, 11) is 1.61. The summed E-state index contributed by atoms with van der Waals surface area (Å²) in [6, 6.07) is 16.9. The first-order chi connectivity index (χ1) is 16.9. The third-order valence-corrected chi connectivity index (χ3v) is 8.80. The van der Waals surface area contributed by atoms with Gasteiger partial charge in [-0.15, -0.1) is 11.8 Å². The number of ether oxygens (including phenoxy) is 1. The molecule has 190 valence electrons. The van der Waals surface area contributed by atoms with Crippen LogP contribution in [0.4, 0.5) is 5.69 Å². The standard InChI is InChI=1S/C28H38N2O3S2/c1-19(2)18-23(27(31)29-21-13-15-22(33-3)16-14-21)30-28(32)26(35-25-11-7-10-24(25)34)17-12-20-8-5-4-6-9-20/h4-6,8-9,13-16,19,23-26,34H,7,10-12,17-18H2,1-3H3,(H,29,31)(H,30,32)/t23-,24-,25+,26+/m0/s1. The first kappa shape index (κ1) is 27.5. The van der Waals surface area contributed by atoms with Crippen molar-refractivity contribution in [1.82, 2.24) is 5.32 Å². The zero-order valence-corrected chi connectivity index (χ0v) is 22.6. The largest absolute Gasteiger partial charge is 0.497 e. The molecule has 7 heteroatoms. The van der Waals surface area contributed by atoms with E-state index in [0.29, 0.717) is 22.6 Å². The maximum atomic E-state index is 13.5. The second-order valence-electron chi connectivity index (χ2n) is 9.59. The van der Waals surface area contributed by atoms with Crippen LogP contribution in [0.3, 0.4) is 0 Å². The van der Waals surface area contributed by atoms with Crippen LogP contribution in [0.2, 0.25) is 0 Å². The van der Waals surface area contributed by atoms with Crippen molar-refractivity contribution < 1.29 is 14.3 Å². The molecule has 2 aromatic rings. The van der Waals surface area contributed by atoms with Gasteiger partial charge in [-0.1, -0.05) is 50.6 Å². The Labute approximate surface area is 219 Å². The van der Waals surface area contributed by atoms with E-state index in [4.69, 9.17) is 17.4 Å². The van der Waals surface area contributed by atoms with E-state index in [1.54, 1.807) is 43.1 Å². The SMILES string of the molecule is COc1ccc(NC(=O)[C@H](CC(C)C)NC(=O)[C@@H](CCc2ccccc2)S[C@@H]2CCC[C@@H]2S)cc1. The predicted molar refractivity (Wildman–Crippen MR) is 150 cm³/mol. The van der Waals surface area contributed by atoms with Gasteiger partial charge in [0.1, 0.15) is 11.8 Å². The van der Waals surface area contributed by atoms with Crippen molar-refractivity contribution in [3.63, 3.8) is 0 Å². The van der Waals surface area contributed by atoms with Crippen molar-refractivity contribution in [2.24, 2.45) is 5.92 Å². The third-order valence-electron chi connectivity index (χ3n) is 6.28. The van der Waals surface area contributed by atoms with Crippen LogP contribution < -0.4 is 15.4 Å². The molecule has 0 heterocycles. The molecule has 0 unspecified atom stereocenters. The lowest BCUT2D eigenvalue weighted by molar-refractivity contribution is -0.126. The summed E-state index contributed by atoms with van der Waals surface area (Å²) in [4.78, 5) is 26.7. The van der Waals surface area contributed by atoms with Gasteiger partial charge in [-0.2, -0.15) is 12.6 Å². The van der Waals surface area contributed by atoms with Gasteiger partial charge in [0, 0.05) is 16.2 Å². The van der Waals surface area contributed by atoms with Gasteiger partial charge < -0.3 is 15.4 Å². The van der Waals surface area contributed by atoms with Crippen molar-refractivity contribution in [1.29, 1.82) is 0 Å². The van der Waals surface area contributed by atoms with Crippen LogP contribution in [0.15, 0.2) is 54.6 Å². The molecule has 1 saturated carbocycles. The van der Waals surface area contributed by atoms with Crippen LogP contribution in [0, 0.1) is 5.92 Å². The molecule has 5 nitrogen and oxygen atoms in total. The molecule has 1 aliphatic rings. The lowest BCUT2D eigenvalue weighted by Gasteiger charge is -2.26. The van der Waals surface area contributed by atoms with E-state index in [9.17, 15) is 9.59 Å².